The van der Waals surface area contributed by atoms with Gasteiger partial charge in [0.15, 0.2) is 0 Å². The van der Waals surface area contributed by atoms with E-state index in [4.69, 9.17) is 14.8 Å². The molecular formula is C35H33F2N5O3S. The first-order valence-corrected chi connectivity index (χ1v) is 16.1. The van der Waals surface area contributed by atoms with Crippen LogP contribution in [0.2, 0.25) is 0 Å². The Morgan fingerprint density at radius 1 is 1.13 bits per heavy atom. The Hall–Kier alpha value is -4.45. The molecule has 11 heteroatoms. The monoisotopic (exact) mass is 641 g/mol. The number of likely N-dealkylation sites (N-methyl/N-ethyl adjacent to an activating group) is 1. The molecule has 0 saturated carbocycles. The normalized spacial score (nSPS) is 16.4. The van der Waals surface area contributed by atoms with Gasteiger partial charge in [-0.3, -0.25) is 9.48 Å². The van der Waals surface area contributed by atoms with Crippen LogP contribution in [0, 0.1) is 11.6 Å². The van der Waals surface area contributed by atoms with Gasteiger partial charge in [-0.15, -0.1) is 11.3 Å². The van der Waals surface area contributed by atoms with Gasteiger partial charge < -0.3 is 19.6 Å². The van der Waals surface area contributed by atoms with Crippen LogP contribution in [0.1, 0.15) is 29.8 Å². The molecule has 0 bridgehead atoms. The minimum Gasteiger partial charge on any atom is -0.490 e. The van der Waals surface area contributed by atoms with E-state index in [-0.39, 0.29) is 36.5 Å². The summed E-state index contributed by atoms with van der Waals surface area (Å²) in [6, 6.07) is 12.1. The molecule has 1 unspecified atom stereocenters. The van der Waals surface area contributed by atoms with Crippen molar-refractivity contribution in [1.82, 2.24) is 24.6 Å². The first kappa shape index (κ1) is 30.2. The van der Waals surface area contributed by atoms with Crippen LogP contribution < -0.4 is 4.74 Å². The summed E-state index contributed by atoms with van der Waals surface area (Å²) in [5, 5.41) is 17.2. The maximum absolute atomic E-state index is 16.0. The standard InChI is InChI=1S/C35H33F2N5O3S/c1-4-30(44)41-17-20(2)42-25(19-41)16-28(39-42)34-32(31-27(37)14-24(36)15-29(31)45-11-10-43)35-26(8-12-46-35)33(38-34)22-5-6-23-18-40(3)9-7-21(23)13-22/h4-6,8,12-16,20,43H,1,7,9-11,17-19H2,2-3H3. The SMILES string of the molecule is C=CC(=O)N1Cc2cc(-c3nc(-c4ccc5c(c4)CCN(C)C5)c4ccsc4c3-c3c(F)cc(F)cc3OCCO)nn2C(C)C1. The van der Waals surface area contributed by atoms with E-state index in [1.165, 1.54) is 28.5 Å². The van der Waals surface area contributed by atoms with Gasteiger partial charge in [-0.1, -0.05) is 18.7 Å². The highest BCUT2D eigenvalue weighted by Crippen LogP contribution is 2.47. The van der Waals surface area contributed by atoms with Crippen molar-refractivity contribution in [3.8, 4) is 39.5 Å². The van der Waals surface area contributed by atoms with Crippen LogP contribution in [-0.4, -0.2) is 68.9 Å². The highest BCUT2D eigenvalue weighted by Gasteiger charge is 2.30. The molecule has 8 nitrogen and oxygen atoms in total. The van der Waals surface area contributed by atoms with Crippen molar-refractivity contribution in [2.45, 2.75) is 32.5 Å². The number of aliphatic hydroxyl groups is 1. The number of amides is 1. The largest absolute Gasteiger partial charge is 0.490 e. The van der Waals surface area contributed by atoms with E-state index in [1.54, 1.807) is 4.90 Å². The number of benzene rings is 2. The number of carbonyl (C=O) groups is 1. The quantitative estimate of drug-likeness (QED) is 0.213. The molecule has 1 atom stereocenters. The summed E-state index contributed by atoms with van der Waals surface area (Å²) in [5.74, 6) is -1.80. The fraction of sp³-hybridized carbons (Fsp3) is 0.286. The number of hydrogen-bond donors (Lipinski definition) is 1. The van der Waals surface area contributed by atoms with Gasteiger partial charge in [0.05, 0.1) is 36.1 Å². The van der Waals surface area contributed by atoms with Gasteiger partial charge in [0.25, 0.3) is 0 Å². The summed E-state index contributed by atoms with van der Waals surface area (Å²) in [7, 11) is 2.11. The number of aromatic nitrogens is 3. The maximum atomic E-state index is 16.0. The van der Waals surface area contributed by atoms with Crippen LogP contribution in [0.15, 0.2) is 60.5 Å². The summed E-state index contributed by atoms with van der Waals surface area (Å²) in [5.41, 5.74) is 6.43. The van der Waals surface area contributed by atoms with Crippen LogP contribution in [0.5, 0.6) is 5.75 Å². The van der Waals surface area contributed by atoms with Gasteiger partial charge in [-0.2, -0.15) is 5.10 Å². The topological polar surface area (TPSA) is 83.7 Å². The molecule has 1 N–H and O–H groups in total. The average Bonchev–Trinajstić information content (AvgIpc) is 3.71. The van der Waals surface area contributed by atoms with E-state index in [9.17, 15) is 14.3 Å². The van der Waals surface area contributed by atoms with E-state index < -0.39 is 11.6 Å². The molecule has 2 aliphatic rings. The third kappa shape index (κ3) is 5.28. The molecule has 7 rings (SSSR count). The lowest BCUT2D eigenvalue weighted by Gasteiger charge is -2.31. The average molecular weight is 642 g/mol. The summed E-state index contributed by atoms with van der Waals surface area (Å²) < 4.78 is 38.9. The van der Waals surface area contributed by atoms with Gasteiger partial charge >= 0.3 is 0 Å². The second kappa shape index (κ2) is 12.1. The van der Waals surface area contributed by atoms with Crippen molar-refractivity contribution in [3.05, 3.63) is 89.0 Å². The first-order valence-electron chi connectivity index (χ1n) is 15.2. The summed E-state index contributed by atoms with van der Waals surface area (Å²) in [4.78, 5) is 21.8. The van der Waals surface area contributed by atoms with Crippen LogP contribution in [0.4, 0.5) is 8.78 Å². The molecule has 3 aromatic heterocycles. The first-order chi connectivity index (χ1) is 22.2. The number of nitrogens with zero attached hydrogens (tertiary/aromatic N) is 5. The molecule has 0 saturated heterocycles. The van der Waals surface area contributed by atoms with E-state index >= 15 is 4.39 Å². The smallest absolute Gasteiger partial charge is 0.246 e. The lowest BCUT2D eigenvalue weighted by atomic mass is 9.93. The van der Waals surface area contributed by atoms with E-state index in [0.29, 0.717) is 30.0 Å². The van der Waals surface area contributed by atoms with Crippen molar-refractivity contribution >= 4 is 27.3 Å². The Morgan fingerprint density at radius 2 is 1.98 bits per heavy atom. The minimum atomic E-state index is -0.809. The summed E-state index contributed by atoms with van der Waals surface area (Å²) in [6.07, 6.45) is 2.23. The lowest BCUT2D eigenvalue weighted by molar-refractivity contribution is -0.127. The van der Waals surface area contributed by atoms with E-state index in [0.717, 1.165) is 58.7 Å². The highest BCUT2D eigenvalue weighted by molar-refractivity contribution is 7.18. The molecule has 236 valence electrons. The molecule has 0 fully saturated rings. The molecule has 5 heterocycles. The maximum Gasteiger partial charge on any atom is 0.246 e. The zero-order valence-electron chi connectivity index (χ0n) is 25.6. The fourth-order valence-corrected chi connectivity index (χ4v) is 7.52. The van der Waals surface area contributed by atoms with Crippen LogP contribution in [-0.2, 0) is 24.3 Å². The van der Waals surface area contributed by atoms with Crippen molar-refractivity contribution in [1.29, 1.82) is 0 Å². The second-order valence-electron chi connectivity index (χ2n) is 11.9. The van der Waals surface area contributed by atoms with E-state index in [1.807, 2.05) is 29.1 Å². The lowest BCUT2D eigenvalue weighted by Crippen LogP contribution is -2.39. The van der Waals surface area contributed by atoms with Gasteiger partial charge in [0.2, 0.25) is 5.91 Å². The molecule has 46 heavy (non-hydrogen) atoms. The number of fused-ring (bicyclic) bond motifs is 3. The number of hydrogen-bond acceptors (Lipinski definition) is 7. The van der Waals surface area contributed by atoms with Crippen LogP contribution in [0.3, 0.4) is 0 Å². The fourth-order valence-electron chi connectivity index (χ4n) is 6.57. The molecule has 2 aliphatic heterocycles. The van der Waals surface area contributed by atoms with Crippen LogP contribution >= 0.6 is 11.3 Å². The van der Waals surface area contributed by atoms with Gasteiger partial charge in [-0.05, 0) is 61.2 Å². The van der Waals surface area contributed by atoms with Crippen molar-refractivity contribution in [3.63, 3.8) is 0 Å². The Labute approximate surface area is 269 Å². The molecule has 0 aliphatic carbocycles. The van der Waals surface area contributed by atoms with Gasteiger partial charge in [0, 0.05) is 53.0 Å². The molecule has 0 spiro atoms. The predicted octanol–water partition coefficient (Wildman–Crippen LogP) is 6.22. The number of halogens is 2. The Morgan fingerprint density at radius 3 is 2.78 bits per heavy atom. The third-order valence-corrected chi connectivity index (χ3v) is 9.64. The van der Waals surface area contributed by atoms with Gasteiger partial charge in [-0.25, -0.2) is 13.8 Å². The van der Waals surface area contributed by atoms with Crippen molar-refractivity contribution in [2.75, 3.05) is 33.4 Å². The zero-order valence-corrected chi connectivity index (χ0v) is 26.4. The molecular weight excluding hydrogens is 608 g/mol. The molecule has 2 aromatic carbocycles. The summed E-state index contributed by atoms with van der Waals surface area (Å²) >= 11 is 1.43. The Kier molecular flexibility index (Phi) is 7.92. The minimum absolute atomic E-state index is 0.0324. The Bertz CT molecular complexity index is 2000. The second-order valence-corrected chi connectivity index (χ2v) is 12.8. The number of pyridine rings is 1. The predicted molar refractivity (Wildman–Crippen MR) is 175 cm³/mol. The highest BCUT2D eigenvalue weighted by atomic mass is 32.1. The molecule has 5 aromatic rings. The number of aliphatic hydroxyl groups excluding tert-OH is 1. The third-order valence-electron chi connectivity index (χ3n) is 8.71. The number of rotatable bonds is 7. The van der Waals surface area contributed by atoms with Crippen LogP contribution in [0.25, 0.3) is 43.9 Å². The zero-order chi connectivity index (χ0) is 32.1. The number of carbonyl (C=O) groups excluding carboxylic acids is 1. The number of thiophene rings is 1. The van der Waals surface area contributed by atoms with E-state index in [2.05, 4.69) is 36.7 Å². The molecule has 1 amide bonds. The van der Waals surface area contributed by atoms with Gasteiger partial charge in [0.1, 0.15) is 35.4 Å². The Balaban J connectivity index is 1.49. The molecule has 0 radical (unpaired) electrons. The van der Waals surface area contributed by atoms with Crippen molar-refractivity contribution in [2.24, 2.45) is 0 Å². The summed E-state index contributed by atoms with van der Waals surface area (Å²) in [6.45, 7) is 7.80. The van der Waals surface area contributed by atoms with Crippen molar-refractivity contribution < 1.29 is 23.4 Å². The number of ether oxygens (including phenoxy) is 1.